The highest BCUT2D eigenvalue weighted by Crippen LogP contribution is 2.53. The van der Waals surface area contributed by atoms with Crippen molar-refractivity contribution < 1.29 is 34.0 Å². The summed E-state index contributed by atoms with van der Waals surface area (Å²) in [6.07, 6.45) is 3.74. The predicted octanol–water partition coefficient (Wildman–Crippen LogP) is 5.97. The Morgan fingerprint density at radius 3 is 2.12 bits per heavy atom. The molecule has 222 valence electrons. The van der Waals surface area contributed by atoms with Crippen LogP contribution in [0.15, 0.2) is 84.9 Å². The highest BCUT2D eigenvalue weighted by Gasteiger charge is 2.45. The average molecular weight is 574 g/mol. The number of carbonyl (C=O) groups is 2. The molecule has 5 rings (SSSR count). The van der Waals surface area contributed by atoms with Crippen molar-refractivity contribution in [3.63, 3.8) is 0 Å². The molecule has 8 nitrogen and oxygen atoms in total. The smallest absolute Gasteiger partial charge is 0.328 e. The lowest BCUT2D eigenvalue weighted by molar-refractivity contribution is -0.134. The van der Waals surface area contributed by atoms with Gasteiger partial charge in [0.25, 0.3) is 0 Å². The number of aliphatic carboxylic acids is 2. The second kappa shape index (κ2) is 14.0. The maximum atomic E-state index is 9.55. The Morgan fingerprint density at radius 2 is 1.52 bits per heavy atom. The molecule has 1 fully saturated rings. The van der Waals surface area contributed by atoms with E-state index in [9.17, 15) is 9.59 Å². The fourth-order valence-corrected chi connectivity index (χ4v) is 5.75. The maximum Gasteiger partial charge on any atom is 0.328 e. The van der Waals surface area contributed by atoms with E-state index in [0.717, 1.165) is 30.4 Å². The summed E-state index contributed by atoms with van der Waals surface area (Å²) in [5, 5.41) is 15.6. The zero-order valence-corrected chi connectivity index (χ0v) is 24.4. The molecule has 3 aromatic carbocycles. The fraction of sp³-hybridized carbons (Fsp3) is 0.353. The van der Waals surface area contributed by atoms with Gasteiger partial charge in [0, 0.05) is 42.2 Å². The van der Waals surface area contributed by atoms with Crippen molar-refractivity contribution in [2.24, 2.45) is 0 Å². The Labute approximate surface area is 247 Å². The summed E-state index contributed by atoms with van der Waals surface area (Å²) >= 11 is 0. The Hall–Kier alpha value is -4.30. The van der Waals surface area contributed by atoms with Crippen LogP contribution in [0, 0.1) is 0 Å². The molecule has 0 radical (unpaired) electrons. The van der Waals surface area contributed by atoms with Crippen molar-refractivity contribution in [2.75, 3.05) is 33.4 Å². The fourth-order valence-electron chi connectivity index (χ4n) is 5.75. The molecule has 2 aliphatic rings. The first-order chi connectivity index (χ1) is 20.2. The molecule has 2 aliphatic heterocycles. The van der Waals surface area contributed by atoms with Gasteiger partial charge in [0.1, 0.15) is 29.5 Å². The summed E-state index contributed by atoms with van der Waals surface area (Å²) in [6, 6.07) is 25.6. The molecule has 3 aromatic rings. The molecule has 0 spiro atoms. The Morgan fingerprint density at radius 1 is 0.905 bits per heavy atom. The topological polar surface area (TPSA) is 106 Å². The van der Waals surface area contributed by atoms with Crippen molar-refractivity contribution in [1.82, 2.24) is 4.90 Å². The molecule has 8 heteroatoms. The molecule has 0 amide bonds. The number of carboxylic acids is 2. The van der Waals surface area contributed by atoms with Gasteiger partial charge in [0.2, 0.25) is 0 Å². The van der Waals surface area contributed by atoms with Crippen LogP contribution in [0.3, 0.4) is 0 Å². The maximum absolute atomic E-state index is 9.55. The summed E-state index contributed by atoms with van der Waals surface area (Å²) in [5.41, 5.74) is 3.35. The molecule has 2 N–H and O–H groups in total. The third kappa shape index (κ3) is 7.91. The minimum Gasteiger partial charge on any atom is -0.497 e. The van der Waals surface area contributed by atoms with Crippen LogP contribution < -0.4 is 14.2 Å². The van der Waals surface area contributed by atoms with E-state index in [4.69, 9.17) is 24.4 Å². The lowest BCUT2D eigenvalue weighted by Gasteiger charge is -2.45. The first-order valence-electron chi connectivity index (χ1n) is 14.2. The zero-order valence-electron chi connectivity index (χ0n) is 24.4. The number of methoxy groups -OCH3 is 1. The van der Waals surface area contributed by atoms with Crippen LogP contribution >= 0.6 is 0 Å². The van der Waals surface area contributed by atoms with Gasteiger partial charge in [-0.25, -0.2) is 9.59 Å². The van der Waals surface area contributed by atoms with E-state index >= 15 is 0 Å². The van der Waals surface area contributed by atoms with E-state index in [-0.39, 0.29) is 11.8 Å². The van der Waals surface area contributed by atoms with Crippen LogP contribution in [0.25, 0.3) is 0 Å². The van der Waals surface area contributed by atoms with Crippen LogP contribution in [0.1, 0.15) is 55.2 Å². The van der Waals surface area contributed by atoms with E-state index in [0.29, 0.717) is 12.2 Å². The van der Waals surface area contributed by atoms with Crippen LogP contribution in [0.5, 0.6) is 17.2 Å². The minimum atomic E-state index is -1.26. The van der Waals surface area contributed by atoms with Gasteiger partial charge in [-0.1, -0.05) is 48.5 Å². The molecule has 0 saturated carbocycles. The number of fused-ring (bicyclic) bond motifs is 1. The molecule has 2 heterocycles. The van der Waals surface area contributed by atoms with Crippen LogP contribution in [0.2, 0.25) is 0 Å². The molecular formula is C34H39NO7. The number of hydrogen-bond donors (Lipinski definition) is 2. The molecule has 0 aromatic heterocycles. The summed E-state index contributed by atoms with van der Waals surface area (Å²) in [4.78, 5) is 21.6. The monoisotopic (exact) mass is 573 g/mol. The van der Waals surface area contributed by atoms with Gasteiger partial charge in [-0.3, -0.25) is 4.90 Å². The predicted molar refractivity (Wildman–Crippen MR) is 161 cm³/mol. The number of rotatable bonds is 9. The van der Waals surface area contributed by atoms with E-state index in [1.165, 1.54) is 42.6 Å². The number of ether oxygens (including phenoxy) is 3. The number of nitrogens with zero attached hydrogens (tertiary/aromatic N) is 1. The molecule has 0 bridgehead atoms. The third-order valence-corrected chi connectivity index (χ3v) is 7.65. The molecular weight excluding hydrogens is 534 g/mol. The normalized spacial score (nSPS) is 19.2. The minimum absolute atomic E-state index is 0.158. The van der Waals surface area contributed by atoms with Gasteiger partial charge < -0.3 is 24.4 Å². The van der Waals surface area contributed by atoms with Crippen molar-refractivity contribution in [1.29, 1.82) is 0 Å². The second-order valence-electron chi connectivity index (χ2n) is 11.0. The van der Waals surface area contributed by atoms with E-state index in [2.05, 4.69) is 79.4 Å². The Balaban J connectivity index is 0.000000446. The number of benzene rings is 3. The van der Waals surface area contributed by atoms with Crippen molar-refractivity contribution in [3.05, 3.63) is 102 Å². The van der Waals surface area contributed by atoms with Gasteiger partial charge >= 0.3 is 11.9 Å². The Kier molecular flexibility index (Phi) is 10.3. The number of likely N-dealkylation sites (tertiary alicyclic amines) is 1. The van der Waals surface area contributed by atoms with Gasteiger partial charge in [-0.15, -0.1) is 0 Å². The summed E-state index contributed by atoms with van der Waals surface area (Å²) in [5.74, 6) is 0.447. The van der Waals surface area contributed by atoms with Crippen molar-refractivity contribution in [3.8, 4) is 17.2 Å². The van der Waals surface area contributed by atoms with Gasteiger partial charge in [-0.2, -0.15) is 0 Å². The van der Waals surface area contributed by atoms with Gasteiger partial charge in [0.15, 0.2) is 0 Å². The van der Waals surface area contributed by atoms with Crippen molar-refractivity contribution >= 4 is 11.9 Å². The molecule has 0 unspecified atom stereocenters. The molecule has 42 heavy (non-hydrogen) atoms. The largest absolute Gasteiger partial charge is 0.497 e. The first-order valence-corrected chi connectivity index (χ1v) is 14.2. The Bertz CT molecular complexity index is 1350. The summed E-state index contributed by atoms with van der Waals surface area (Å²) in [7, 11) is 1.70. The zero-order chi connectivity index (χ0) is 30.1. The standard InChI is InChI=1S/C30H35NO3.C4H4O4/c1-30(2)29(23-9-5-4-6-10-23)28(26-16-15-25(32-3)21-27(26)34-30)22-11-13-24(14-12-22)33-20-19-31-17-7-8-18-31;5-3(6)1-2-4(7)8/h4-6,9-16,21,28-29H,7-8,17-20H2,1-3H3;1-2H,(H,5,6)(H,7,8)/b;2-1+/t28-,29+;/m1./s1. The highest BCUT2D eigenvalue weighted by molar-refractivity contribution is 5.89. The average Bonchev–Trinajstić information content (AvgIpc) is 3.49. The van der Waals surface area contributed by atoms with Gasteiger partial charge in [-0.05, 0) is 69.1 Å². The molecule has 2 atom stereocenters. The van der Waals surface area contributed by atoms with Crippen LogP contribution in [-0.4, -0.2) is 66.0 Å². The number of carboxylic acid groups (broad SMARTS) is 2. The number of hydrogen-bond acceptors (Lipinski definition) is 6. The van der Waals surface area contributed by atoms with Crippen LogP contribution in [-0.2, 0) is 9.59 Å². The molecule has 1 saturated heterocycles. The lowest BCUT2D eigenvalue weighted by Crippen LogP contribution is -2.43. The van der Waals surface area contributed by atoms with Gasteiger partial charge in [0.05, 0.1) is 7.11 Å². The van der Waals surface area contributed by atoms with E-state index in [1.54, 1.807) is 7.11 Å². The third-order valence-electron chi connectivity index (χ3n) is 7.65. The van der Waals surface area contributed by atoms with E-state index in [1.807, 2.05) is 12.1 Å². The van der Waals surface area contributed by atoms with E-state index < -0.39 is 17.5 Å². The quantitative estimate of drug-likeness (QED) is 0.302. The summed E-state index contributed by atoms with van der Waals surface area (Å²) < 4.78 is 18.2. The SMILES string of the molecule is COc1ccc2c(c1)OC(C)(C)[C@@H](c1ccccc1)[C@@H]2c1ccc(OCCN2CCCC2)cc1.O=C(O)/C=C/C(=O)O. The van der Waals surface area contributed by atoms with Crippen molar-refractivity contribution in [2.45, 2.75) is 44.1 Å². The molecule has 0 aliphatic carbocycles. The summed E-state index contributed by atoms with van der Waals surface area (Å²) in [6.45, 7) is 8.52. The highest BCUT2D eigenvalue weighted by atomic mass is 16.5. The van der Waals surface area contributed by atoms with Crippen LogP contribution in [0.4, 0.5) is 0 Å². The lowest BCUT2D eigenvalue weighted by atomic mass is 9.68. The second-order valence-corrected chi connectivity index (χ2v) is 11.0. The first kappa shape index (κ1) is 30.7.